The molecule has 0 N–H and O–H groups in total. The number of methoxy groups -OCH3 is 3. The average molecular weight is 514 g/mol. The van der Waals surface area contributed by atoms with E-state index in [0.29, 0.717) is 17.1 Å². The molecule has 2 heterocycles. The molecule has 198 valence electrons. The summed E-state index contributed by atoms with van der Waals surface area (Å²) in [5.74, 6) is 1.98. The summed E-state index contributed by atoms with van der Waals surface area (Å²) in [7, 11) is 4.95. The van der Waals surface area contributed by atoms with Gasteiger partial charge < -0.3 is 23.5 Å². The van der Waals surface area contributed by atoms with E-state index in [9.17, 15) is 4.79 Å². The summed E-state index contributed by atoms with van der Waals surface area (Å²) in [6, 6.07) is 21.5. The maximum absolute atomic E-state index is 13.0. The Bertz CT molecular complexity index is 1420. The van der Waals surface area contributed by atoms with Gasteiger partial charge in [0.05, 0.1) is 26.7 Å². The van der Waals surface area contributed by atoms with Crippen molar-refractivity contribution in [1.29, 1.82) is 0 Å². The van der Waals surface area contributed by atoms with Gasteiger partial charge in [-0.15, -0.1) is 0 Å². The van der Waals surface area contributed by atoms with Gasteiger partial charge in [-0.05, 0) is 62.2 Å². The Morgan fingerprint density at radius 2 is 1.55 bits per heavy atom. The van der Waals surface area contributed by atoms with Gasteiger partial charge in [0, 0.05) is 29.2 Å². The zero-order valence-electron chi connectivity index (χ0n) is 22.4. The van der Waals surface area contributed by atoms with Crippen LogP contribution < -0.4 is 19.8 Å². The van der Waals surface area contributed by atoms with E-state index in [2.05, 4.69) is 17.0 Å². The summed E-state index contributed by atoms with van der Waals surface area (Å²) < 4.78 is 23.2. The lowest BCUT2D eigenvalue weighted by Crippen LogP contribution is -2.31. The average Bonchev–Trinajstić information content (AvgIpc) is 2.98. The van der Waals surface area contributed by atoms with Crippen molar-refractivity contribution < 1.29 is 18.6 Å². The molecular formula is C32H35NO5. The van der Waals surface area contributed by atoms with Crippen molar-refractivity contribution >= 4 is 11.0 Å². The van der Waals surface area contributed by atoms with E-state index in [-0.39, 0.29) is 5.92 Å². The zero-order chi connectivity index (χ0) is 26.5. The first kappa shape index (κ1) is 25.9. The van der Waals surface area contributed by atoms with Gasteiger partial charge in [0.25, 0.3) is 0 Å². The quantitative estimate of drug-likeness (QED) is 0.238. The van der Waals surface area contributed by atoms with Gasteiger partial charge in [-0.25, -0.2) is 4.79 Å². The van der Waals surface area contributed by atoms with E-state index >= 15 is 0 Å². The molecule has 0 saturated carbocycles. The van der Waals surface area contributed by atoms with Crippen molar-refractivity contribution in [2.45, 2.75) is 31.6 Å². The summed E-state index contributed by atoms with van der Waals surface area (Å²) in [6.07, 6.45) is 4.61. The summed E-state index contributed by atoms with van der Waals surface area (Å²) >= 11 is 0. The van der Waals surface area contributed by atoms with E-state index in [1.807, 2.05) is 48.5 Å². The lowest BCUT2D eigenvalue weighted by molar-refractivity contribution is 0.223. The number of piperidine rings is 1. The second kappa shape index (κ2) is 11.7. The minimum Gasteiger partial charge on any atom is -0.497 e. The van der Waals surface area contributed by atoms with Crippen LogP contribution in [0.25, 0.3) is 22.1 Å². The Balaban J connectivity index is 1.74. The molecule has 1 aromatic heterocycles. The molecule has 6 nitrogen and oxygen atoms in total. The van der Waals surface area contributed by atoms with Crippen LogP contribution in [0.3, 0.4) is 0 Å². The van der Waals surface area contributed by atoms with Crippen LogP contribution in [-0.2, 0) is 0 Å². The lowest BCUT2D eigenvalue weighted by Gasteiger charge is -2.29. The number of ether oxygens (including phenoxy) is 3. The number of nitrogens with zero attached hydrogens (tertiary/aromatic N) is 1. The van der Waals surface area contributed by atoms with E-state index in [4.69, 9.17) is 18.6 Å². The van der Waals surface area contributed by atoms with Gasteiger partial charge in [-0.1, -0.05) is 48.9 Å². The van der Waals surface area contributed by atoms with Crippen LogP contribution in [-0.4, -0.2) is 45.9 Å². The van der Waals surface area contributed by atoms with E-state index in [1.165, 1.54) is 19.3 Å². The molecule has 6 heteroatoms. The molecule has 0 radical (unpaired) electrons. The molecule has 1 aliphatic heterocycles. The second-order valence-corrected chi connectivity index (χ2v) is 9.76. The van der Waals surface area contributed by atoms with Gasteiger partial charge in [0.2, 0.25) is 0 Å². The number of hydrogen-bond donors (Lipinski definition) is 0. The third kappa shape index (κ3) is 5.27. The third-order valence-electron chi connectivity index (χ3n) is 7.55. The van der Waals surface area contributed by atoms with Crippen LogP contribution in [0.2, 0.25) is 0 Å². The number of likely N-dealkylation sites (tertiary alicyclic amines) is 1. The van der Waals surface area contributed by atoms with E-state index in [1.54, 1.807) is 27.4 Å². The number of rotatable bonds is 9. The normalized spacial score (nSPS) is 14.8. The summed E-state index contributed by atoms with van der Waals surface area (Å²) in [6.45, 7) is 3.17. The molecule has 5 rings (SSSR count). The fraction of sp³-hybridized carbons (Fsp3) is 0.344. The van der Waals surface area contributed by atoms with Crippen molar-refractivity contribution in [1.82, 2.24) is 4.90 Å². The van der Waals surface area contributed by atoms with Crippen molar-refractivity contribution in [2.24, 2.45) is 0 Å². The SMILES string of the molecule is COc1ccc([C@@H](CCN2CCCCC2)c2c(OC)cc(OC)c3c(-c4ccccc4)cc(=O)oc23)cc1. The number of benzene rings is 3. The Morgan fingerprint density at radius 1 is 0.842 bits per heavy atom. The van der Waals surface area contributed by atoms with Crippen LogP contribution in [0.5, 0.6) is 17.2 Å². The van der Waals surface area contributed by atoms with E-state index < -0.39 is 5.63 Å². The Morgan fingerprint density at radius 3 is 2.21 bits per heavy atom. The number of hydrogen-bond acceptors (Lipinski definition) is 6. The Labute approximate surface area is 223 Å². The lowest BCUT2D eigenvalue weighted by atomic mass is 9.85. The van der Waals surface area contributed by atoms with Crippen LogP contribution in [0, 0.1) is 0 Å². The van der Waals surface area contributed by atoms with Crippen LogP contribution in [0.1, 0.15) is 42.7 Å². The first-order valence-corrected chi connectivity index (χ1v) is 13.3. The molecule has 3 aromatic carbocycles. The highest BCUT2D eigenvalue weighted by atomic mass is 16.5. The minimum absolute atomic E-state index is 0.0691. The fourth-order valence-electron chi connectivity index (χ4n) is 5.62. The predicted octanol–water partition coefficient (Wildman–Crippen LogP) is 6.49. The molecular weight excluding hydrogens is 478 g/mol. The highest BCUT2D eigenvalue weighted by Gasteiger charge is 2.28. The molecule has 0 spiro atoms. The fourth-order valence-corrected chi connectivity index (χ4v) is 5.62. The summed E-state index contributed by atoms with van der Waals surface area (Å²) in [5.41, 5.74) is 3.78. The van der Waals surface area contributed by atoms with Crippen molar-refractivity contribution in [3.8, 4) is 28.4 Å². The highest BCUT2D eigenvalue weighted by molar-refractivity contribution is 6.00. The second-order valence-electron chi connectivity index (χ2n) is 9.76. The molecule has 0 aliphatic carbocycles. The van der Waals surface area contributed by atoms with Gasteiger partial charge in [-0.3, -0.25) is 0 Å². The largest absolute Gasteiger partial charge is 0.497 e. The smallest absolute Gasteiger partial charge is 0.336 e. The molecule has 38 heavy (non-hydrogen) atoms. The highest BCUT2D eigenvalue weighted by Crippen LogP contribution is 2.46. The zero-order valence-corrected chi connectivity index (χ0v) is 22.4. The molecule has 4 aromatic rings. The summed E-state index contributed by atoms with van der Waals surface area (Å²) in [4.78, 5) is 15.5. The Hall–Kier alpha value is -3.77. The van der Waals surface area contributed by atoms with Crippen LogP contribution >= 0.6 is 0 Å². The first-order valence-electron chi connectivity index (χ1n) is 13.3. The van der Waals surface area contributed by atoms with Crippen LogP contribution in [0.15, 0.2) is 75.9 Å². The molecule has 0 amide bonds. The van der Waals surface area contributed by atoms with E-state index in [0.717, 1.165) is 59.4 Å². The molecule has 1 fully saturated rings. The predicted molar refractivity (Wildman–Crippen MR) is 151 cm³/mol. The minimum atomic E-state index is -0.405. The topological polar surface area (TPSA) is 61.1 Å². The standard InChI is InChI=1S/C32H35NO5/c1-35-24-14-12-23(13-15-24)25(16-19-33-17-8-5-9-18-33)30-27(36-2)21-28(37-3)31-26(20-29(34)38-32(30)31)22-10-6-4-7-11-22/h4,6-7,10-15,20-21,25H,5,8-9,16-19H2,1-3H3/t25-/m1/s1. The van der Waals surface area contributed by atoms with Crippen molar-refractivity contribution in [2.75, 3.05) is 41.0 Å². The maximum Gasteiger partial charge on any atom is 0.336 e. The molecule has 0 unspecified atom stereocenters. The van der Waals surface area contributed by atoms with Gasteiger partial charge >= 0.3 is 5.63 Å². The molecule has 1 aliphatic rings. The number of fused-ring (bicyclic) bond motifs is 1. The van der Waals surface area contributed by atoms with Gasteiger partial charge in [0.15, 0.2) is 0 Å². The first-order chi connectivity index (χ1) is 18.6. The molecule has 1 atom stereocenters. The molecule has 1 saturated heterocycles. The Kier molecular flexibility index (Phi) is 7.99. The maximum atomic E-state index is 13.0. The van der Waals surface area contributed by atoms with Gasteiger partial charge in [-0.2, -0.15) is 0 Å². The summed E-state index contributed by atoms with van der Waals surface area (Å²) in [5, 5.41) is 0.769. The monoisotopic (exact) mass is 513 g/mol. The molecule has 0 bridgehead atoms. The van der Waals surface area contributed by atoms with Crippen LogP contribution in [0.4, 0.5) is 0 Å². The van der Waals surface area contributed by atoms with Gasteiger partial charge in [0.1, 0.15) is 22.8 Å². The third-order valence-corrected chi connectivity index (χ3v) is 7.55. The van der Waals surface area contributed by atoms with Crippen molar-refractivity contribution in [3.05, 3.63) is 88.3 Å². The van der Waals surface area contributed by atoms with Crippen molar-refractivity contribution in [3.63, 3.8) is 0 Å².